The first kappa shape index (κ1) is 38.8. The standard InChI is InChI=1S/C42H34O14/c1-5-33(43)53-25-11-7-23(8-12-25)41(49)55-31-17-15-27(39(45)46)35(21(31)3)29-19-51-38-30(20-52-37(29)38)36-22(4)32(18-16-28(36)40(47)48)56-42(50)24-9-13-26(14-10-24)54-34(44)6-2/h5-18,29-30,37-38H,1-2,19-20H2,3-4H3,(H,45,46)(H,47,48)/t29-,30+,37-,38-/m0/s1. The summed E-state index contributed by atoms with van der Waals surface area (Å²) in [7, 11) is 0. The van der Waals surface area contributed by atoms with Crippen LogP contribution in [0.4, 0.5) is 0 Å². The molecule has 0 amide bonds. The van der Waals surface area contributed by atoms with Crippen LogP contribution in [0.2, 0.25) is 0 Å². The number of carbonyl (C=O) groups excluding carboxylic acids is 4. The molecule has 2 aliphatic rings. The van der Waals surface area contributed by atoms with Crippen molar-refractivity contribution in [3.8, 4) is 23.0 Å². The van der Waals surface area contributed by atoms with Crippen LogP contribution in [0.5, 0.6) is 23.0 Å². The average Bonchev–Trinajstić information content (AvgIpc) is 3.79. The molecule has 2 heterocycles. The highest BCUT2D eigenvalue weighted by Gasteiger charge is 2.51. The lowest BCUT2D eigenvalue weighted by Gasteiger charge is -2.23. The summed E-state index contributed by atoms with van der Waals surface area (Å²) in [5.74, 6) is -6.01. The largest absolute Gasteiger partial charge is 0.478 e. The summed E-state index contributed by atoms with van der Waals surface area (Å²) in [4.78, 5) is 74.3. The summed E-state index contributed by atoms with van der Waals surface area (Å²) in [5.41, 5.74) is 1.54. The van der Waals surface area contributed by atoms with E-state index in [0.29, 0.717) is 22.3 Å². The van der Waals surface area contributed by atoms with E-state index in [1.54, 1.807) is 13.8 Å². The van der Waals surface area contributed by atoms with Crippen molar-refractivity contribution in [2.45, 2.75) is 37.9 Å². The van der Waals surface area contributed by atoms with Crippen molar-refractivity contribution in [1.29, 1.82) is 0 Å². The molecule has 0 bridgehead atoms. The van der Waals surface area contributed by atoms with Gasteiger partial charge < -0.3 is 38.6 Å². The average molecular weight is 763 g/mol. The van der Waals surface area contributed by atoms with Crippen LogP contribution < -0.4 is 18.9 Å². The van der Waals surface area contributed by atoms with E-state index in [1.165, 1.54) is 72.8 Å². The normalized spacial score (nSPS) is 18.2. The summed E-state index contributed by atoms with van der Waals surface area (Å²) < 4.78 is 34.0. The third-order valence-electron chi connectivity index (χ3n) is 9.54. The number of carbonyl (C=O) groups is 6. The fourth-order valence-electron chi connectivity index (χ4n) is 6.91. The molecule has 0 unspecified atom stereocenters. The minimum Gasteiger partial charge on any atom is -0.478 e. The van der Waals surface area contributed by atoms with Gasteiger partial charge in [-0.1, -0.05) is 13.2 Å². The Morgan fingerprint density at radius 2 is 0.929 bits per heavy atom. The molecule has 56 heavy (non-hydrogen) atoms. The van der Waals surface area contributed by atoms with E-state index in [0.717, 1.165) is 12.2 Å². The van der Waals surface area contributed by atoms with Gasteiger partial charge in [0.25, 0.3) is 0 Å². The molecular weight excluding hydrogens is 728 g/mol. The number of fused-ring (bicyclic) bond motifs is 1. The molecule has 2 aliphatic heterocycles. The zero-order chi connectivity index (χ0) is 40.3. The topological polar surface area (TPSA) is 198 Å². The molecule has 2 N–H and O–H groups in total. The third-order valence-corrected chi connectivity index (χ3v) is 9.54. The maximum absolute atomic E-state index is 13.1. The third kappa shape index (κ3) is 7.83. The molecule has 0 spiro atoms. The van der Waals surface area contributed by atoms with Crippen LogP contribution in [-0.4, -0.2) is 71.5 Å². The maximum Gasteiger partial charge on any atom is 0.343 e. The summed E-state index contributed by atoms with van der Waals surface area (Å²) in [6, 6.07) is 16.7. The molecule has 2 saturated heterocycles. The Bertz CT molecular complexity index is 2110. The lowest BCUT2D eigenvalue weighted by Crippen LogP contribution is -2.27. The summed E-state index contributed by atoms with van der Waals surface area (Å²) in [6.45, 7) is 9.92. The zero-order valence-electron chi connectivity index (χ0n) is 30.0. The minimum absolute atomic E-state index is 0.00345. The van der Waals surface area contributed by atoms with Gasteiger partial charge in [-0.2, -0.15) is 0 Å². The number of ether oxygens (including phenoxy) is 6. The molecule has 0 aliphatic carbocycles. The van der Waals surface area contributed by atoms with Crippen LogP contribution in [0.15, 0.2) is 98.1 Å². The first-order valence-electron chi connectivity index (χ1n) is 17.1. The highest BCUT2D eigenvalue weighted by Crippen LogP contribution is 2.48. The van der Waals surface area contributed by atoms with Gasteiger partial charge in [-0.3, -0.25) is 0 Å². The number of carboxylic acids is 2. The monoisotopic (exact) mass is 762 g/mol. The Labute approximate surface area is 319 Å². The van der Waals surface area contributed by atoms with E-state index >= 15 is 0 Å². The lowest BCUT2D eigenvalue weighted by molar-refractivity contribution is -0.129. The first-order valence-corrected chi connectivity index (χ1v) is 17.1. The van der Waals surface area contributed by atoms with Gasteiger partial charge in [-0.05, 0) is 109 Å². The first-order chi connectivity index (χ1) is 26.8. The van der Waals surface area contributed by atoms with Gasteiger partial charge in [0, 0.05) is 24.0 Å². The summed E-state index contributed by atoms with van der Waals surface area (Å²) in [5, 5.41) is 20.4. The SMILES string of the molecule is C=CC(=O)Oc1ccc(C(=O)Oc2ccc(C(=O)O)c([C@H]3CO[C@@H]4[C@H]3OC[C@H]4c3c(C(=O)O)ccc(OC(=O)c4ccc(OC(=O)C=C)cc4)c3C)c2C)cc1. The fraction of sp³-hybridized carbons (Fsp3) is 0.190. The van der Waals surface area contributed by atoms with Crippen LogP contribution in [0.25, 0.3) is 0 Å². The van der Waals surface area contributed by atoms with E-state index in [9.17, 15) is 39.0 Å². The smallest absolute Gasteiger partial charge is 0.343 e. The van der Waals surface area contributed by atoms with Crippen LogP contribution >= 0.6 is 0 Å². The van der Waals surface area contributed by atoms with Crippen molar-refractivity contribution in [2.24, 2.45) is 0 Å². The molecule has 4 atom stereocenters. The van der Waals surface area contributed by atoms with E-state index in [1.807, 2.05) is 0 Å². The van der Waals surface area contributed by atoms with Gasteiger partial charge >= 0.3 is 35.8 Å². The number of hydrogen-bond acceptors (Lipinski definition) is 12. The molecule has 0 aromatic heterocycles. The fourth-order valence-corrected chi connectivity index (χ4v) is 6.91. The highest BCUT2D eigenvalue weighted by molar-refractivity contribution is 5.94. The lowest BCUT2D eigenvalue weighted by atomic mass is 9.82. The second kappa shape index (κ2) is 16.2. The molecule has 4 aromatic carbocycles. The van der Waals surface area contributed by atoms with Gasteiger partial charge in [0.2, 0.25) is 0 Å². The van der Waals surface area contributed by atoms with Gasteiger partial charge in [-0.25, -0.2) is 28.8 Å². The van der Waals surface area contributed by atoms with Crippen LogP contribution in [0, 0.1) is 13.8 Å². The number of aromatic carboxylic acids is 2. The summed E-state index contributed by atoms with van der Waals surface area (Å²) in [6.07, 6.45) is 0.547. The molecule has 286 valence electrons. The van der Waals surface area contributed by atoms with Crippen molar-refractivity contribution >= 4 is 35.8 Å². The molecule has 14 heteroatoms. The molecule has 2 fully saturated rings. The van der Waals surface area contributed by atoms with Crippen molar-refractivity contribution in [1.82, 2.24) is 0 Å². The number of esters is 4. The molecule has 14 nitrogen and oxygen atoms in total. The number of hydrogen-bond donors (Lipinski definition) is 2. The van der Waals surface area contributed by atoms with E-state index in [4.69, 9.17) is 28.4 Å². The van der Waals surface area contributed by atoms with Crippen molar-refractivity contribution in [2.75, 3.05) is 13.2 Å². The second-order valence-corrected chi connectivity index (χ2v) is 12.8. The van der Waals surface area contributed by atoms with Gasteiger partial charge in [0.15, 0.2) is 0 Å². The molecule has 0 saturated carbocycles. The van der Waals surface area contributed by atoms with Crippen LogP contribution in [0.1, 0.15) is 75.5 Å². The predicted molar refractivity (Wildman–Crippen MR) is 196 cm³/mol. The number of benzene rings is 4. The maximum atomic E-state index is 13.1. The highest BCUT2D eigenvalue weighted by atomic mass is 16.6. The zero-order valence-corrected chi connectivity index (χ0v) is 30.0. The van der Waals surface area contributed by atoms with Crippen molar-refractivity contribution in [3.63, 3.8) is 0 Å². The number of carboxylic acid groups (broad SMARTS) is 2. The van der Waals surface area contributed by atoms with Crippen LogP contribution in [-0.2, 0) is 19.1 Å². The van der Waals surface area contributed by atoms with Crippen molar-refractivity contribution < 1.29 is 67.4 Å². The van der Waals surface area contributed by atoms with Crippen molar-refractivity contribution in [3.05, 3.63) is 143 Å². The van der Waals surface area contributed by atoms with E-state index in [2.05, 4.69) is 13.2 Å². The van der Waals surface area contributed by atoms with Crippen LogP contribution in [0.3, 0.4) is 0 Å². The Morgan fingerprint density at radius 1 is 0.571 bits per heavy atom. The van der Waals surface area contributed by atoms with Gasteiger partial charge in [0.05, 0.1) is 47.7 Å². The van der Waals surface area contributed by atoms with E-state index in [-0.39, 0.29) is 58.5 Å². The van der Waals surface area contributed by atoms with Gasteiger partial charge in [-0.15, -0.1) is 0 Å². The summed E-state index contributed by atoms with van der Waals surface area (Å²) >= 11 is 0. The predicted octanol–water partition coefficient (Wildman–Crippen LogP) is 5.99. The Kier molecular flexibility index (Phi) is 11.2. The molecular formula is C42H34O14. The van der Waals surface area contributed by atoms with Gasteiger partial charge in [0.1, 0.15) is 23.0 Å². The Balaban J connectivity index is 1.25. The second-order valence-electron chi connectivity index (χ2n) is 12.8. The quantitative estimate of drug-likeness (QED) is 0.0970. The Hall–Kier alpha value is -6.90. The van der Waals surface area contributed by atoms with E-state index < -0.39 is 59.9 Å². The Morgan fingerprint density at radius 3 is 1.25 bits per heavy atom. The molecule has 4 aromatic rings. The minimum atomic E-state index is -1.23. The molecule has 6 rings (SSSR count). The number of rotatable bonds is 12. The molecule has 0 radical (unpaired) electrons.